The number of aryl methyl sites for hydroxylation is 2. The fourth-order valence-electron chi connectivity index (χ4n) is 2.78. The first-order chi connectivity index (χ1) is 12.8. The number of carbonyl (C=O) groups is 2. The molecule has 1 atom stereocenters. The summed E-state index contributed by atoms with van der Waals surface area (Å²) in [6.45, 7) is 4.04. The Morgan fingerprint density at radius 1 is 1.04 bits per heavy atom. The molecule has 0 fully saturated rings. The topological polar surface area (TPSA) is 49.4 Å². The van der Waals surface area contributed by atoms with Crippen molar-refractivity contribution in [1.82, 2.24) is 10.2 Å². The number of rotatable bonds is 7. The molecule has 2 aromatic rings. The molecular formula is C21H24Cl2N2O2. The lowest BCUT2D eigenvalue weighted by Gasteiger charge is -2.28. The fraction of sp³-hybridized carbons (Fsp3) is 0.333. The molecule has 0 aliphatic carbocycles. The molecule has 4 nitrogen and oxygen atoms in total. The van der Waals surface area contributed by atoms with Gasteiger partial charge in [-0.3, -0.25) is 9.59 Å². The van der Waals surface area contributed by atoms with Crippen LogP contribution in [-0.4, -0.2) is 29.8 Å². The van der Waals surface area contributed by atoms with Gasteiger partial charge in [-0.2, -0.15) is 0 Å². The van der Waals surface area contributed by atoms with Crippen molar-refractivity contribution in [3.8, 4) is 0 Å². The lowest BCUT2D eigenvalue weighted by molar-refractivity contribution is -0.140. The first-order valence-electron chi connectivity index (χ1n) is 8.82. The van der Waals surface area contributed by atoms with E-state index in [1.807, 2.05) is 37.3 Å². The third-order valence-electron chi connectivity index (χ3n) is 4.50. The summed E-state index contributed by atoms with van der Waals surface area (Å²) in [6, 6.07) is 12.7. The van der Waals surface area contributed by atoms with Crippen molar-refractivity contribution in [2.75, 3.05) is 7.05 Å². The number of nitrogens with zero attached hydrogens (tertiary/aromatic N) is 1. The predicted molar refractivity (Wildman–Crippen MR) is 110 cm³/mol. The van der Waals surface area contributed by atoms with Crippen molar-refractivity contribution >= 4 is 35.0 Å². The summed E-state index contributed by atoms with van der Waals surface area (Å²) >= 11 is 12.1. The molecule has 0 bridgehead atoms. The van der Waals surface area contributed by atoms with Crippen LogP contribution in [-0.2, 0) is 22.6 Å². The first-order valence-corrected chi connectivity index (χ1v) is 9.58. The molecule has 0 aliphatic heterocycles. The molecule has 2 aromatic carbocycles. The standard InChI is InChI=1S/C21H24Cl2N2O2/c1-14-4-6-16(7-5-14)9-11-20(26)25(15(2)21(27)24-3)13-17-8-10-18(22)19(23)12-17/h4-8,10,12,15H,9,11,13H2,1-3H3,(H,24,27)/t15-/m0/s1. The van der Waals surface area contributed by atoms with Gasteiger partial charge in [0.15, 0.2) is 0 Å². The number of hydrogen-bond acceptors (Lipinski definition) is 2. The zero-order valence-corrected chi connectivity index (χ0v) is 17.3. The van der Waals surface area contributed by atoms with E-state index >= 15 is 0 Å². The van der Waals surface area contributed by atoms with Crippen LogP contribution in [0.3, 0.4) is 0 Å². The third-order valence-corrected chi connectivity index (χ3v) is 5.24. The van der Waals surface area contributed by atoms with Gasteiger partial charge in [-0.25, -0.2) is 0 Å². The molecule has 0 saturated heterocycles. The summed E-state index contributed by atoms with van der Waals surface area (Å²) in [7, 11) is 1.56. The van der Waals surface area contributed by atoms with Crippen LogP contribution in [0.2, 0.25) is 10.0 Å². The average Bonchev–Trinajstić information content (AvgIpc) is 2.67. The van der Waals surface area contributed by atoms with Gasteiger partial charge in [-0.15, -0.1) is 0 Å². The van der Waals surface area contributed by atoms with Crippen LogP contribution < -0.4 is 5.32 Å². The maximum absolute atomic E-state index is 12.9. The normalized spacial score (nSPS) is 11.7. The quantitative estimate of drug-likeness (QED) is 0.740. The molecule has 1 N–H and O–H groups in total. The van der Waals surface area contributed by atoms with Gasteiger partial charge in [0, 0.05) is 20.0 Å². The second-order valence-corrected chi connectivity index (χ2v) is 7.36. The minimum atomic E-state index is -0.588. The molecule has 27 heavy (non-hydrogen) atoms. The Balaban J connectivity index is 2.14. The second-order valence-electron chi connectivity index (χ2n) is 6.55. The van der Waals surface area contributed by atoms with E-state index in [1.54, 1.807) is 31.0 Å². The maximum atomic E-state index is 12.9. The van der Waals surface area contributed by atoms with E-state index < -0.39 is 6.04 Å². The molecule has 2 amide bonds. The average molecular weight is 407 g/mol. The van der Waals surface area contributed by atoms with Crippen LogP contribution in [0.25, 0.3) is 0 Å². The summed E-state index contributed by atoms with van der Waals surface area (Å²) in [5.74, 6) is -0.295. The Morgan fingerprint density at radius 2 is 1.67 bits per heavy atom. The minimum Gasteiger partial charge on any atom is -0.357 e. The Morgan fingerprint density at radius 3 is 2.26 bits per heavy atom. The Kier molecular flexibility index (Phi) is 7.69. The smallest absolute Gasteiger partial charge is 0.242 e. The largest absolute Gasteiger partial charge is 0.357 e. The highest BCUT2D eigenvalue weighted by Crippen LogP contribution is 2.24. The van der Waals surface area contributed by atoms with Crippen molar-refractivity contribution < 1.29 is 9.59 Å². The number of carbonyl (C=O) groups excluding carboxylic acids is 2. The second kappa shape index (κ2) is 9.77. The highest BCUT2D eigenvalue weighted by atomic mass is 35.5. The Bertz CT molecular complexity index is 806. The lowest BCUT2D eigenvalue weighted by atomic mass is 10.1. The van der Waals surface area contributed by atoms with Crippen molar-refractivity contribution in [2.24, 2.45) is 0 Å². The number of halogens is 2. The molecule has 0 unspecified atom stereocenters. The van der Waals surface area contributed by atoms with Gasteiger partial charge in [0.1, 0.15) is 6.04 Å². The number of nitrogens with one attached hydrogen (secondary N) is 1. The third kappa shape index (κ3) is 5.98. The minimum absolute atomic E-state index is 0.0854. The van der Waals surface area contributed by atoms with E-state index in [0.717, 1.165) is 11.1 Å². The number of amides is 2. The van der Waals surface area contributed by atoms with Crippen LogP contribution in [0.4, 0.5) is 0 Å². The van der Waals surface area contributed by atoms with E-state index in [9.17, 15) is 9.59 Å². The summed E-state index contributed by atoms with van der Waals surface area (Å²) in [5, 5.41) is 3.49. The summed E-state index contributed by atoms with van der Waals surface area (Å²) in [5.41, 5.74) is 3.10. The van der Waals surface area contributed by atoms with Gasteiger partial charge >= 0.3 is 0 Å². The summed E-state index contributed by atoms with van der Waals surface area (Å²) in [4.78, 5) is 26.6. The van der Waals surface area contributed by atoms with E-state index in [2.05, 4.69) is 5.32 Å². The highest BCUT2D eigenvalue weighted by molar-refractivity contribution is 6.42. The van der Waals surface area contributed by atoms with Crippen LogP contribution in [0, 0.1) is 6.92 Å². The van der Waals surface area contributed by atoms with Crippen molar-refractivity contribution in [1.29, 1.82) is 0 Å². The highest BCUT2D eigenvalue weighted by Gasteiger charge is 2.25. The van der Waals surface area contributed by atoms with E-state index in [-0.39, 0.29) is 18.4 Å². The zero-order valence-electron chi connectivity index (χ0n) is 15.8. The molecule has 0 radical (unpaired) electrons. The maximum Gasteiger partial charge on any atom is 0.242 e. The van der Waals surface area contributed by atoms with Crippen LogP contribution in [0.5, 0.6) is 0 Å². The molecule has 144 valence electrons. The first kappa shape index (κ1) is 21.3. The molecule has 0 saturated carbocycles. The molecule has 6 heteroatoms. The molecule has 0 heterocycles. The number of benzene rings is 2. The zero-order chi connectivity index (χ0) is 20.0. The summed E-state index contributed by atoms with van der Waals surface area (Å²) < 4.78 is 0. The van der Waals surface area contributed by atoms with Crippen LogP contribution in [0.1, 0.15) is 30.0 Å². The van der Waals surface area contributed by atoms with Gasteiger partial charge < -0.3 is 10.2 Å². The van der Waals surface area contributed by atoms with E-state index in [1.165, 1.54) is 5.56 Å². The van der Waals surface area contributed by atoms with E-state index in [0.29, 0.717) is 22.9 Å². The van der Waals surface area contributed by atoms with Crippen molar-refractivity contribution in [2.45, 2.75) is 39.3 Å². The van der Waals surface area contributed by atoms with Gasteiger partial charge in [0.25, 0.3) is 0 Å². The SMILES string of the molecule is CNC(=O)[C@H](C)N(Cc1ccc(Cl)c(Cl)c1)C(=O)CCc1ccc(C)cc1. The van der Waals surface area contributed by atoms with Crippen LogP contribution >= 0.6 is 23.2 Å². The van der Waals surface area contributed by atoms with Crippen molar-refractivity contribution in [3.05, 3.63) is 69.2 Å². The van der Waals surface area contributed by atoms with E-state index in [4.69, 9.17) is 23.2 Å². The van der Waals surface area contributed by atoms with Gasteiger partial charge in [0.05, 0.1) is 10.0 Å². The molecule has 0 spiro atoms. The monoisotopic (exact) mass is 406 g/mol. The predicted octanol–water partition coefficient (Wildman–Crippen LogP) is 4.40. The Hall–Kier alpha value is -2.04. The van der Waals surface area contributed by atoms with Crippen LogP contribution in [0.15, 0.2) is 42.5 Å². The van der Waals surface area contributed by atoms with Crippen molar-refractivity contribution in [3.63, 3.8) is 0 Å². The number of likely N-dealkylation sites (N-methyl/N-ethyl adjacent to an activating group) is 1. The molecule has 0 aliphatic rings. The lowest BCUT2D eigenvalue weighted by Crippen LogP contribution is -2.46. The fourth-order valence-corrected chi connectivity index (χ4v) is 3.10. The van der Waals surface area contributed by atoms with Gasteiger partial charge in [0.2, 0.25) is 11.8 Å². The van der Waals surface area contributed by atoms with Gasteiger partial charge in [-0.05, 0) is 43.5 Å². The molecule has 2 rings (SSSR count). The Labute approximate surface area is 170 Å². The summed E-state index contributed by atoms with van der Waals surface area (Å²) in [6.07, 6.45) is 0.948. The molecular weight excluding hydrogens is 383 g/mol. The van der Waals surface area contributed by atoms with Gasteiger partial charge in [-0.1, -0.05) is 59.1 Å². The molecule has 0 aromatic heterocycles. The number of hydrogen-bond donors (Lipinski definition) is 1.